The van der Waals surface area contributed by atoms with Gasteiger partial charge in [0.2, 0.25) is 0 Å². The van der Waals surface area contributed by atoms with Crippen molar-refractivity contribution in [2.45, 2.75) is 0 Å². The predicted octanol–water partition coefficient (Wildman–Crippen LogP) is 4.00. The number of para-hydroxylation sites is 1. The zero-order chi connectivity index (χ0) is 14.7. The lowest BCUT2D eigenvalue weighted by Gasteiger charge is -2.15. The number of rotatable bonds is 4. The van der Waals surface area contributed by atoms with Crippen molar-refractivity contribution in [3.8, 4) is 11.5 Å². The van der Waals surface area contributed by atoms with Crippen LogP contribution in [0.3, 0.4) is 0 Å². The lowest BCUT2D eigenvalue weighted by Crippen LogP contribution is -1.97. The molecule has 1 heterocycles. The average molecular weight is 280 g/mol. The van der Waals surface area contributed by atoms with Crippen LogP contribution in [0, 0.1) is 0 Å². The van der Waals surface area contributed by atoms with E-state index in [0.717, 1.165) is 22.1 Å². The molecule has 0 saturated carbocycles. The summed E-state index contributed by atoms with van der Waals surface area (Å²) < 4.78 is 10.8. The number of methoxy groups -OCH3 is 2. The molecule has 0 aliphatic rings. The Kier molecular flexibility index (Phi) is 3.60. The highest BCUT2D eigenvalue weighted by Gasteiger charge is 2.10. The lowest BCUT2D eigenvalue weighted by atomic mass is 10.1. The fourth-order valence-corrected chi connectivity index (χ4v) is 2.36. The second-order valence-corrected chi connectivity index (χ2v) is 4.57. The third kappa shape index (κ3) is 2.48. The number of benzene rings is 2. The number of pyridine rings is 1. The summed E-state index contributed by atoms with van der Waals surface area (Å²) in [5.74, 6) is 1.38. The van der Waals surface area contributed by atoms with Crippen LogP contribution in [0.4, 0.5) is 11.4 Å². The molecule has 3 rings (SSSR count). The van der Waals surface area contributed by atoms with Crippen molar-refractivity contribution in [2.75, 3.05) is 19.5 Å². The zero-order valence-electron chi connectivity index (χ0n) is 12.0. The second kappa shape index (κ2) is 5.71. The minimum absolute atomic E-state index is 0.686. The van der Waals surface area contributed by atoms with Crippen LogP contribution < -0.4 is 14.8 Å². The van der Waals surface area contributed by atoms with Crippen molar-refractivity contribution in [3.63, 3.8) is 0 Å². The van der Waals surface area contributed by atoms with E-state index in [9.17, 15) is 0 Å². The number of nitrogens with one attached hydrogen (secondary N) is 1. The molecule has 0 unspecified atom stereocenters. The normalized spacial score (nSPS) is 10.4. The van der Waals surface area contributed by atoms with Gasteiger partial charge in [-0.25, -0.2) is 0 Å². The maximum atomic E-state index is 5.45. The molecule has 0 bridgehead atoms. The van der Waals surface area contributed by atoms with E-state index in [1.807, 2.05) is 48.7 Å². The van der Waals surface area contributed by atoms with Crippen LogP contribution >= 0.6 is 0 Å². The predicted molar refractivity (Wildman–Crippen MR) is 84.6 cm³/mol. The van der Waals surface area contributed by atoms with Gasteiger partial charge < -0.3 is 14.8 Å². The summed E-state index contributed by atoms with van der Waals surface area (Å²) >= 11 is 0. The molecule has 106 valence electrons. The standard InChI is InChI=1S/C17H16N2O2/c1-20-16-8-4-7-15(17(16)21-2)19-14-6-3-5-12-11-18-10-9-13(12)14/h3-11,19H,1-2H3. The summed E-state index contributed by atoms with van der Waals surface area (Å²) in [6.45, 7) is 0. The van der Waals surface area contributed by atoms with Gasteiger partial charge in [-0.2, -0.15) is 0 Å². The van der Waals surface area contributed by atoms with Gasteiger partial charge in [-0.05, 0) is 24.3 Å². The Hall–Kier alpha value is -2.75. The summed E-state index contributed by atoms with van der Waals surface area (Å²) in [6.07, 6.45) is 3.64. The van der Waals surface area contributed by atoms with Crippen molar-refractivity contribution in [1.82, 2.24) is 4.98 Å². The van der Waals surface area contributed by atoms with E-state index >= 15 is 0 Å². The minimum atomic E-state index is 0.686. The van der Waals surface area contributed by atoms with Gasteiger partial charge in [0, 0.05) is 28.9 Å². The number of ether oxygens (including phenoxy) is 2. The van der Waals surface area contributed by atoms with E-state index in [4.69, 9.17) is 9.47 Å². The molecule has 0 aliphatic heterocycles. The van der Waals surface area contributed by atoms with E-state index in [1.165, 1.54) is 0 Å². The molecule has 0 fully saturated rings. The lowest BCUT2D eigenvalue weighted by molar-refractivity contribution is 0.356. The largest absolute Gasteiger partial charge is 0.493 e. The van der Waals surface area contributed by atoms with Gasteiger partial charge >= 0.3 is 0 Å². The van der Waals surface area contributed by atoms with E-state index in [2.05, 4.69) is 10.3 Å². The maximum Gasteiger partial charge on any atom is 0.184 e. The van der Waals surface area contributed by atoms with E-state index < -0.39 is 0 Å². The molecule has 4 nitrogen and oxygen atoms in total. The molecule has 3 aromatic rings. The first-order valence-corrected chi connectivity index (χ1v) is 6.64. The highest BCUT2D eigenvalue weighted by molar-refractivity contribution is 5.95. The molecule has 21 heavy (non-hydrogen) atoms. The van der Waals surface area contributed by atoms with Crippen LogP contribution in [-0.4, -0.2) is 19.2 Å². The van der Waals surface area contributed by atoms with Crippen molar-refractivity contribution in [1.29, 1.82) is 0 Å². The SMILES string of the molecule is COc1cccc(Nc2cccc3cnccc23)c1OC. The fraction of sp³-hybridized carbons (Fsp3) is 0.118. The highest BCUT2D eigenvalue weighted by atomic mass is 16.5. The maximum absolute atomic E-state index is 5.45. The highest BCUT2D eigenvalue weighted by Crippen LogP contribution is 2.37. The number of nitrogens with zero attached hydrogens (tertiary/aromatic N) is 1. The van der Waals surface area contributed by atoms with Crippen molar-refractivity contribution in [2.24, 2.45) is 0 Å². The summed E-state index contributed by atoms with van der Waals surface area (Å²) in [4.78, 5) is 4.15. The Morgan fingerprint density at radius 3 is 2.52 bits per heavy atom. The molecule has 1 aromatic heterocycles. The van der Waals surface area contributed by atoms with Gasteiger partial charge in [0.15, 0.2) is 11.5 Å². The van der Waals surface area contributed by atoms with E-state index in [1.54, 1.807) is 20.4 Å². The van der Waals surface area contributed by atoms with Crippen molar-refractivity contribution >= 4 is 22.1 Å². The average Bonchev–Trinajstić information content (AvgIpc) is 2.55. The minimum Gasteiger partial charge on any atom is -0.493 e. The first-order chi connectivity index (χ1) is 10.3. The van der Waals surface area contributed by atoms with Crippen LogP contribution in [0.5, 0.6) is 11.5 Å². The van der Waals surface area contributed by atoms with Gasteiger partial charge in [-0.15, -0.1) is 0 Å². The monoisotopic (exact) mass is 280 g/mol. The molecule has 4 heteroatoms. The van der Waals surface area contributed by atoms with Crippen molar-refractivity contribution < 1.29 is 9.47 Å². The Morgan fingerprint density at radius 1 is 0.905 bits per heavy atom. The number of aromatic nitrogens is 1. The molecule has 0 radical (unpaired) electrons. The number of hydrogen-bond donors (Lipinski definition) is 1. The topological polar surface area (TPSA) is 43.4 Å². The van der Waals surface area contributed by atoms with Crippen LogP contribution in [0.15, 0.2) is 54.9 Å². The molecular weight excluding hydrogens is 264 g/mol. The molecule has 1 N–H and O–H groups in total. The second-order valence-electron chi connectivity index (χ2n) is 4.57. The number of hydrogen-bond acceptors (Lipinski definition) is 4. The van der Waals surface area contributed by atoms with Crippen LogP contribution in [0.2, 0.25) is 0 Å². The molecule has 0 atom stereocenters. The van der Waals surface area contributed by atoms with E-state index in [-0.39, 0.29) is 0 Å². The van der Waals surface area contributed by atoms with Gasteiger partial charge in [0.25, 0.3) is 0 Å². The molecule has 0 spiro atoms. The molecular formula is C17H16N2O2. The Balaban J connectivity index is 2.07. The third-order valence-electron chi connectivity index (χ3n) is 3.35. The Morgan fingerprint density at radius 2 is 1.71 bits per heavy atom. The van der Waals surface area contributed by atoms with Gasteiger partial charge in [0.1, 0.15) is 0 Å². The van der Waals surface area contributed by atoms with Gasteiger partial charge in [-0.1, -0.05) is 18.2 Å². The third-order valence-corrected chi connectivity index (χ3v) is 3.35. The summed E-state index contributed by atoms with van der Waals surface area (Å²) in [7, 11) is 3.27. The van der Waals surface area contributed by atoms with Crippen LogP contribution in [-0.2, 0) is 0 Å². The fourth-order valence-electron chi connectivity index (χ4n) is 2.36. The van der Waals surface area contributed by atoms with E-state index in [0.29, 0.717) is 11.5 Å². The van der Waals surface area contributed by atoms with Crippen LogP contribution in [0.25, 0.3) is 10.8 Å². The van der Waals surface area contributed by atoms with Crippen LogP contribution in [0.1, 0.15) is 0 Å². The molecule has 0 amide bonds. The molecule has 0 aliphatic carbocycles. The van der Waals surface area contributed by atoms with Crippen molar-refractivity contribution in [3.05, 3.63) is 54.9 Å². The number of fused-ring (bicyclic) bond motifs is 1. The summed E-state index contributed by atoms with van der Waals surface area (Å²) in [5, 5.41) is 5.60. The first kappa shape index (κ1) is 13.2. The molecule has 0 saturated heterocycles. The summed E-state index contributed by atoms with van der Waals surface area (Å²) in [6, 6.07) is 13.8. The molecule has 2 aromatic carbocycles. The number of anilines is 2. The zero-order valence-corrected chi connectivity index (χ0v) is 12.0. The Labute approximate surface area is 123 Å². The summed E-state index contributed by atoms with van der Waals surface area (Å²) in [5.41, 5.74) is 1.86. The first-order valence-electron chi connectivity index (χ1n) is 6.64. The van der Waals surface area contributed by atoms with Gasteiger partial charge in [-0.3, -0.25) is 4.98 Å². The Bertz CT molecular complexity index is 766. The van der Waals surface area contributed by atoms with Gasteiger partial charge in [0.05, 0.1) is 19.9 Å². The smallest absolute Gasteiger partial charge is 0.184 e. The quantitative estimate of drug-likeness (QED) is 0.784.